The molecule has 1 fully saturated rings. The van der Waals surface area contributed by atoms with Gasteiger partial charge in [-0.05, 0) is 63.6 Å². The van der Waals surface area contributed by atoms with E-state index in [1.807, 2.05) is 13.8 Å². The first kappa shape index (κ1) is 19.8. The van der Waals surface area contributed by atoms with Crippen LogP contribution in [0.15, 0.2) is 29.2 Å². The lowest BCUT2D eigenvalue weighted by molar-refractivity contribution is -0.139. The Morgan fingerprint density at radius 3 is 2.52 bits per heavy atom. The minimum Gasteiger partial charge on any atom is -0.348 e. The van der Waals surface area contributed by atoms with E-state index in [0.29, 0.717) is 12.5 Å². The summed E-state index contributed by atoms with van der Waals surface area (Å²) in [6.45, 7) is 7.31. The maximum absolute atomic E-state index is 11.8. The molecule has 0 aromatic heterocycles. The molecule has 1 aliphatic rings. The summed E-state index contributed by atoms with van der Waals surface area (Å²) in [6.07, 6.45) is 4.21. The molecule has 0 spiro atoms. The molecule has 138 valence electrons. The molecule has 5 nitrogen and oxygen atoms in total. The van der Waals surface area contributed by atoms with Crippen LogP contribution < -0.4 is 10.6 Å². The number of amides is 2. The third-order valence-corrected chi connectivity index (χ3v) is 5.31. The molecule has 6 heteroatoms. The monoisotopic (exact) mass is 363 g/mol. The van der Waals surface area contributed by atoms with E-state index < -0.39 is 11.8 Å². The highest BCUT2D eigenvalue weighted by atomic mass is 32.2. The standard InChI is InChI=1S/C19H29N3O2S/c1-14(2)21-19(24)18(23)20-12-15-8-10-22(11-9-15)13-16-6-4-5-7-17(16)25-3/h4-7,14-15H,8-13H2,1-3H3,(H,20,23)(H,21,24). The SMILES string of the molecule is CSc1ccccc1CN1CCC(CNC(=O)C(=O)NC(C)C)CC1. The molecular formula is C19H29N3O2S. The van der Waals surface area contributed by atoms with Gasteiger partial charge in [0.25, 0.3) is 0 Å². The van der Waals surface area contributed by atoms with Crippen molar-refractivity contribution >= 4 is 23.6 Å². The number of thioether (sulfide) groups is 1. The van der Waals surface area contributed by atoms with E-state index in [1.54, 1.807) is 11.8 Å². The maximum Gasteiger partial charge on any atom is 0.309 e. The first-order valence-electron chi connectivity index (χ1n) is 8.92. The van der Waals surface area contributed by atoms with Crippen LogP contribution in [0.4, 0.5) is 0 Å². The number of nitrogens with zero attached hydrogens (tertiary/aromatic N) is 1. The Labute approximate surface area is 154 Å². The van der Waals surface area contributed by atoms with Gasteiger partial charge in [0, 0.05) is 24.0 Å². The highest BCUT2D eigenvalue weighted by molar-refractivity contribution is 7.98. The van der Waals surface area contributed by atoms with Gasteiger partial charge in [0.05, 0.1) is 0 Å². The van der Waals surface area contributed by atoms with Gasteiger partial charge in [-0.25, -0.2) is 0 Å². The van der Waals surface area contributed by atoms with E-state index in [1.165, 1.54) is 10.5 Å². The number of hydrogen-bond acceptors (Lipinski definition) is 4. The number of carbonyl (C=O) groups excluding carboxylic acids is 2. The zero-order chi connectivity index (χ0) is 18.2. The Balaban J connectivity index is 1.73. The summed E-state index contributed by atoms with van der Waals surface area (Å²) in [7, 11) is 0. The summed E-state index contributed by atoms with van der Waals surface area (Å²) in [5.74, 6) is -0.617. The average Bonchev–Trinajstić information content (AvgIpc) is 2.60. The van der Waals surface area contributed by atoms with Crippen molar-refractivity contribution in [2.75, 3.05) is 25.9 Å². The Hall–Kier alpha value is -1.53. The molecule has 0 radical (unpaired) electrons. The Bertz CT molecular complexity index is 584. The zero-order valence-corrected chi connectivity index (χ0v) is 16.2. The van der Waals surface area contributed by atoms with Crippen LogP contribution in [0, 0.1) is 5.92 Å². The third-order valence-electron chi connectivity index (χ3n) is 4.47. The summed E-state index contributed by atoms with van der Waals surface area (Å²) in [6, 6.07) is 8.53. The van der Waals surface area contributed by atoms with Gasteiger partial charge in [0.15, 0.2) is 0 Å². The van der Waals surface area contributed by atoms with Crippen molar-refractivity contribution in [2.24, 2.45) is 5.92 Å². The quantitative estimate of drug-likeness (QED) is 0.601. The second kappa shape index (κ2) is 9.82. The lowest BCUT2D eigenvalue weighted by atomic mass is 9.96. The highest BCUT2D eigenvalue weighted by Crippen LogP contribution is 2.24. The van der Waals surface area contributed by atoms with Crippen LogP contribution in [-0.2, 0) is 16.1 Å². The molecule has 0 bridgehead atoms. The van der Waals surface area contributed by atoms with Gasteiger partial charge in [-0.2, -0.15) is 0 Å². The maximum atomic E-state index is 11.8. The van der Waals surface area contributed by atoms with Gasteiger partial charge in [0.1, 0.15) is 0 Å². The number of carbonyl (C=O) groups is 2. The number of benzene rings is 1. The van der Waals surface area contributed by atoms with E-state index in [4.69, 9.17) is 0 Å². The van der Waals surface area contributed by atoms with Gasteiger partial charge in [-0.3, -0.25) is 14.5 Å². The molecule has 1 saturated heterocycles. The van der Waals surface area contributed by atoms with Crippen LogP contribution in [-0.4, -0.2) is 48.6 Å². The highest BCUT2D eigenvalue weighted by Gasteiger charge is 2.22. The minimum atomic E-state index is -0.541. The molecular weight excluding hydrogens is 334 g/mol. The van der Waals surface area contributed by atoms with Crippen LogP contribution >= 0.6 is 11.8 Å². The van der Waals surface area contributed by atoms with E-state index in [0.717, 1.165) is 32.5 Å². The lowest BCUT2D eigenvalue weighted by Gasteiger charge is -2.32. The largest absolute Gasteiger partial charge is 0.348 e. The minimum absolute atomic E-state index is 0.0225. The van der Waals surface area contributed by atoms with Crippen LogP contribution in [0.25, 0.3) is 0 Å². The Morgan fingerprint density at radius 2 is 1.88 bits per heavy atom. The molecule has 1 heterocycles. The molecule has 2 rings (SSSR count). The van der Waals surface area contributed by atoms with E-state index in [9.17, 15) is 9.59 Å². The van der Waals surface area contributed by atoms with Gasteiger partial charge in [-0.15, -0.1) is 11.8 Å². The van der Waals surface area contributed by atoms with E-state index in [2.05, 4.69) is 46.1 Å². The van der Waals surface area contributed by atoms with Crippen LogP contribution in [0.3, 0.4) is 0 Å². The molecule has 0 saturated carbocycles. The van der Waals surface area contributed by atoms with Crippen molar-refractivity contribution in [1.29, 1.82) is 0 Å². The summed E-state index contributed by atoms with van der Waals surface area (Å²) in [4.78, 5) is 27.2. The van der Waals surface area contributed by atoms with Crippen molar-refractivity contribution in [1.82, 2.24) is 15.5 Å². The fourth-order valence-electron chi connectivity index (χ4n) is 3.07. The Morgan fingerprint density at radius 1 is 1.20 bits per heavy atom. The van der Waals surface area contributed by atoms with Crippen molar-refractivity contribution in [3.05, 3.63) is 29.8 Å². The second-order valence-corrected chi connectivity index (χ2v) is 7.72. The Kier molecular flexibility index (Phi) is 7.78. The summed E-state index contributed by atoms with van der Waals surface area (Å²) in [5, 5.41) is 5.38. The smallest absolute Gasteiger partial charge is 0.309 e. The normalized spacial score (nSPS) is 16.0. The lowest BCUT2D eigenvalue weighted by Crippen LogP contribution is -2.45. The molecule has 0 aliphatic carbocycles. The molecule has 0 atom stereocenters. The molecule has 2 amide bonds. The van der Waals surface area contributed by atoms with Gasteiger partial charge < -0.3 is 10.6 Å². The van der Waals surface area contributed by atoms with Crippen molar-refractivity contribution in [2.45, 2.75) is 44.2 Å². The summed E-state index contributed by atoms with van der Waals surface area (Å²) in [5.41, 5.74) is 1.38. The van der Waals surface area contributed by atoms with Crippen molar-refractivity contribution < 1.29 is 9.59 Å². The number of likely N-dealkylation sites (tertiary alicyclic amines) is 1. The predicted molar refractivity (Wildman–Crippen MR) is 103 cm³/mol. The third kappa shape index (κ3) is 6.36. The molecule has 1 aliphatic heterocycles. The second-order valence-electron chi connectivity index (χ2n) is 6.87. The number of hydrogen-bond donors (Lipinski definition) is 2. The zero-order valence-electron chi connectivity index (χ0n) is 15.4. The summed E-state index contributed by atoms with van der Waals surface area (Å²) < 4.78 is 0. The van der Waals surface area contributed by atoms with Crippen LogP contribution in [0.1, 0.15) is 32.3 Å². The van der Waals surface area contributed by atoms with Gasteiger partial charge in [-0.1, -0.05) is 18.2 Å². The van der Waals surface area contributed by atoms with Crippen molar-refractivity contribution in [3.63, 3.8) is 0 Å². The van der Waals surface area contributed by atoms with E-state index >= 15 is 0 Å². The fourth-order valence-corrected chi connectivity index (χ4v) is 3.68. The molecule has 1 aromatic rings. The number of piperidine rings is 1. The predicted octanol–water partition coefficient (Wildman–Crippen LogP) is 2.26. The topological polar surface area (TPSA) is 61.4 Å². The molecule has 25 heavy (non-hydrogen) atoms. The van der Waals surface area contributed by atoms with E-state index in [-0.39, 0.29) is 6.04 Å². The van der Waals surface area contributed by atoms with Gasteiger partial charge >= 0.3 is 11.8 Å². The summed E-state index contributed by atoms with van der Waals surface area (Å²) >= 11 is 1.79. The molecule has 1 aromatic carbocycles. The van der Waals surface area contributed by atoms with Crippen LogP contribution in [0.2, 0.25) is 0 Å². The average molecular weight is 364 g/mol. The van der Waals surface area contributed by atoms with Crippen LogP contribution in [0.5, 0.6) is 0 Å². The van der Waals surface area contributed by atoms with Gasteiger partial charge in [0.2, 0.25) is 0 Å². The molecule has 0 unspecified atom stereocenters. The first-order valence-corrected chi connectivity index (χ1v) is 10.1. The number of rotatable bonds is 6. The molecule has 2 N–H and O–H groups in total. The van der Waals surface area contributed by atoms with Crippen molar-refractivity contribution in [3.8, 4) is 0 Å². The number of nitrogens with one attached hydrogen (secondary N) is 2. The fraction of sp³-hybridized carbons (Fsp3) is 0.579. The first-order chi connectivity index (χ1) is 12.0.